The van der Waals surface area contributed by atoms with Gasteiger partial charge in [0.05, 0.1) is 10.7 Å². The molecule has 0 saturated carbocycles. The van der Waals surface area contributed by atoms with E-state index < -0.39 is 0 Å². The van der Waals surface area contributed by atoms with Crippen LogP contribution in [0.5, 0.6) is 0 Å². The molecule has 1 aliphatic carbocycles. The molecular formula is C24H26Br2N8O. The number of halogens is 2. The number of carbonyl (C=O) groups excluding carboxylic acids is 1. The standard InChI is InChI=1S/C24H26Br2N8O/c25-16-13-29-34-9-3-8-33(22(16)34)23(35)17-20(28)31-21(19(26)30-17)32-10-6-24(7-11-32)12-14-4-1-2-5-15(14)18(24)27/h1-2,4-5,13,18H,3,6-12,27H2,(H2,28,31)/t18-/m1/s1. The topological polar surface area (TPSA) is 119 Å². The first-order valence-corrected chi connectivity index (χ1v) is 13.4. The summed E-state index contributed by atoms with van der Waals surface area (Å²) in [5, 5.41) is 4.33. The molecule has 1 amide bonds. The highest BCUT2D eigenvalue weighted by atomic mass is 79.9. The molecule has 2 aliphatic heterocycles. The smallest absolute Gasteiger partial charge is 0.281 e. The molecule has 3 aromatic rings. The lowest BCUT2D eigenvalue weighted by atomic mass is 9.73. The number of nitrogens with zero attached hydrogens (tertiary/aromatic N) is 6. The summed E-state index contributed by atoms with van der Waals surface area (Å²) in [7, 11) is 0. The SMILES string of the molecule is Nc1nc(N2CCC3(CC2)Cc2ccccc2[C@H]3N)c(Br)nc1C(=O)N1CCCn2ncc(Br)c21. The molecule has 35 heavy (non-hydrogen) atoms. The van der Waals surface area contributed by atoms with Gasteiger partial charge in [0, 0.05) is 32.2 Å². The van der Waals surface area contributed by atoms with Gasteiger partial charge in [-0.05, 0) is 74.1 Å². The Hall–Kier alpha value is -2.50. The van der Waals surface area contributed by atoms with Crippen LogP contribution in [0.1, 0.15) is 46.9 Å². The number of nitrogen functional groups attached to an aromatic ring is 1. The molecule has 1 spiro atoms. The monoisotopic (exact) mass is 600 g/mol. The van der Waals surface area contributed by atoms with E-state index in [0.29, 0.717) is 17.0 Å². The average Bonchev–Trinajstić information content (AvgIpc) is 3.38. The largest absolute Gasteiger partial charge is 0.382 e. The molecular weight excluding hydrogens is 576 g/mol. The molecule has 2 aromatic heterocycles. The van der Waals surface area contributed by atoms with Crippen molar-refractivity contribution < 1.29 is 4.79 Å². The summed E-state index contributed by atoms with van der Waals surface area (Å²) in [4.78, 5) is 26.5. The summed E-state index contributed by atoms with van der Waals surface area (Å²) in [6, 6.07) is 8.57. The van der Waals surface area contributed by atoms with E-state index in [0.717, 1.165) is 55.6 Å². The molecule has 1 fully saturated rings. The Morgan fingerprint density at radius 3 is 2.63 bits per heavy atom. The Bertz CT molecular complexity index is 1320. The van der Waals surface area contributed by atoms with Gasteiger partial charge in [-0.1, -0.05) is 24.3 Å². The second kappa shape index (κ2) is 8.56. The number of carbonyl (C=O) groups is 1. The fourth-order valence-corrected chi connectivity index (χ4v) is 6.87. The van der Waals surface area contributed by atoms with Gasteiger partial charge in [-0.15, -0.1) is 0 Å². The number of aromatic nitrogens is 4. The third-order valence-corrected chi connectivity index (χ3v) is 8.83. The van der Waals surface area contributed by atoms with E-state index >= 15 is 0 Å². The van der Waals surface area contributed by atoms with Crippen molar-refractivity contribution in [3.63, 3.8) is 0 Å². The summed E-state index contributed by atoms with van der Waals surface area (Å²) in [5.74, 6) is 1.24. The predicted molar refractivity (Wildman–Crippen MR) is 141 cm³/mol. The third kappa shape index (κ3) is 3.66. The minimum Gasteiger partial charge on any atom is -0.382 e. The summed E-state index contributed by atoms with van der Waals surface area (Å²) in [6.07, 6.45) is 5.45. The number of nitrogens with two attached hydrogens (primary N) is 2. The van der Waals surface area contributed by atoms with Gasteiger partial charge < -0.3 is 16.4 Å². The number of benzene rings is 1. The molecule has 1 atom stereocenters. The summed E-state index contributed by atoms with van der Waals surface area (Å²) in [6.45, 7) is 2.94. The lowest BCUT2D eigenvalue weighted by Gasteiger charge is -2.42. The molecule has 6 rings (SSSR count). The molecule has 0 radical (unpaired) electrons. The predicted octanol–water partition coefficient (Wildman–Crippen LogP) is 3.67. The summed E-state index contributed by atoms with van der Waals surface area (Å²) < 4.78 is 3.10. The van der Waals surface area contributed by atoms with Crippen LogP contribution in [0, 0.1) is 5.41 Å². The maximum atomic E-state index is 13.4. The van der Waals surface area contributed by atoms with Crippen LogP contribution in [0.15, 0.2) is 39.5 Å². The second-order valence-electron chi connectivity index (χ2n) is 9.62. The van der Waals surface area contributed by atoms with Crippen molar-refractivity contribution in [2.45, 2.75) is 38.3 Å². The van der Waals surface area contributed by atoms with Crippen molar-refractivity contribution in [3.8, 4) is 0 Å². The van der Waals surface area contributed by atoms with E-state index in [2.05, 4.69) is 76.1 Å². The number of fused-ring (bicyclic) bond motifs is 2. The maximum absolute atomic E-state index is 13.4. The molecule has 4 heterocycles. The lowest BCUT2D eigenvalue weighted by molar-refractivity contribution is 0.0976. The van der Waals surface area contributed by atoms with E-state index in [1.54, 1.807) is 11.1 Å². The fourth-order valence-electron chi connectivity index (χ4n) is 5.84. The quantitative estimate of drug-likeness (QED) is 0.460. The molecule has 11 heteroatoms. The van der Waals surface area contributed by atoms with E-state index in [1.165, 1.54) is 11.1 Å². The van der Waals surface area contributed by atoms with Gasteiger partial charge in [-0.3, -0.25) is 9.69 Å². The van der Waals surface area contributed by atoms with Crippen molar-refractivity contribution >= 4 is 55.2 Å². The zero-order valence-electron chi connectivity index (χ0n) is 19.1. The minimum absolute atomic E-state index is 0.0535. The maximum Gasteiger partial charge on any atom is 0.281 e. The van der Waals surface area contributed by atoms with Crippen molar-refractivity contribution in [1.29, 1.82) is 0 Å². The highest BCUT2D eigenvalue weighted by Crippen LogP contribution is 2.51. The van der Waals surface area contributed by atoms with Gasteiger partial charge >= 0.3 is 0 Å². The molecule has 1 saturated heterocycles. The van der Waals surface area contributed by atoms with E-state index in [9.17, 15) is 4.79 Å². The lowest BCUT2D eigenvalue weighted by Crippen LogP contribution is -2.45. The normalized spacial score (nSPS) is 20.7. The average molecular weight is 602 g/mol. The van der Waals surface area contributed by atoms with Crippen molar-refractivity contribution in [2.75, 3.05) is 35.2 Å². The first-order chi connectivity index (χ1) is 16.9. The number of amides is 1. The Labute approximate surface area is 220 Å². The van der Waals surface area contributed by atoms with Crippen LogP contribution in [-0.2, 0) is 13.0 Å². The van der Waals surface area contributed by atoms with E-state index in [-0.39, 0.29) is 28.9 Å². The van der Waals surface area contributed by atoms with E-state index in [1.807, 2.05) is 4.68 Å². The fraction of sp³-hybridized carbons (Fsp3) is 0.417. The van der Waals surface area contributed by atoms with Crippen LogP contribution < -0.4 is 21.3 Å². The van der Waals surface area contributed by atoms with Gasteiger partial charge in [-0.25, -0.2) is 14.6 Å². The molecule has 0 bridgehead atoms. The first-order valence-electron chi connectivity index (χ1n) is 11.8. The van der Waals surface area contributed by atoms with Gasteiger partial charge in [0.15, 0.2) is 17.3 Å². The second-order valence-corrected chi connectivity index (χ2v) is 11.2. The van der Waals surface area contributed by atoms with Gasteiger partial charge in [0.1, 0.15) is 10.4 Å². The third-order valence-electron chi connectivity index (χ3n) is 7.74. The van der Waals surface area contributed by atoms with Crippen LogP contribution in [0.3, 0.4) is 0 Å². The number of aryl methyl sites for hydroxylation is 1. The van der Waals surface area contributed by atoms with Crippen molar-refractivity contribution in [3.05, 3.63) is 56.4 Å². The van der Waals surface area contributed by atoms with Gasteiger partial charge in [0.25, 0.3) is 5.91 Å². The van der Waals surface area contributed by atoms with Gasteiger partial charge in [-0.2, -0.15) is 5.10 Å². The van der Waals surface area contributed by atoms with Crippen LogP contribution in [0.25, 0.3) is 0 Å². The van der Waals surface area contributed by atoms with Crippen LogP contribution in [-0.4, -0.2) is 45.3 Å². The molecule has 1 aromatic carbocycles. The highest BCUT2D eigenvalue weighted by Gasteiger charge is 2.46. The Morgan fingerprint density at radius 1 is 1.09 bits per heavy atom. The molecule has 182 valence electrons. The van der Waals surface area contributed by atoms with Crippen LogP contribution in [0.2, 0.25) is 0 Å². The van der Waals surface area contributed by atoms with Gasteiger partial charge in [0.2, 0.25) is 0 Å². The zero-order chi connectivity index (χ0) is 24.3. The molecule has 9 nitrogen and oxygen atoms in total. The number of hydrogen-bond acceptors (Lipinski definition) is 7. The number of rotatable bonds is 2. The summed E-state index contributed by atoms with van der Waals surface area (Å²) >= 11 is 7.06. The first kappa shape index (κ1) is 22.9. The number of anilines is 3. The van der Waals surface area contributed by atoms with E-state index in [4.69, 9.17) is 11.5 Å². The van der Waals surface area contributed by atoms with Crippen LogP contribution in [0.4, 0.5) is 17.5 Å². The Kier molecular flexibility index (Phi) is 5.61. The van der Waals surface area contributed by atoms with Crippen molar-refractivity contribution in [2.24, 2.45) is 11.1 Å². The highest BCUT2D eigenvalue weighted by molar-refractivity contribution is 9.10. The number of hydrogen-bond donors (Lipinski definition) is 2. The molecule has 4 N–H and O–H groups in total. The minimum atomic E-state index is -0.281. The van der Waals surface area contributed by atoms with Crippen LogP contribution >= 0.6 is 31.9 Å². The Morgan fingerprint density at radius 2 is 1.86 bits per heavy atom. The molecule has 3 aliphatic rings. The molecule has 0 unspecified atom stereocenters. The Balaban J connectivity index is 1.22. The number of piperidine rings is 1. The summed E-state index contributed by atoms with van der Waals surface area (Å²) in [5.41, 5.74) is 15.9. The zero-order valence-corrected chi connectivity index (χ0v) is 22.3. The van der Waals surface area contributed by atoms with Crippen molar-refractivity contribution in [1.82, 2.24) is 19.7 Å².